The van der Waals surface area contributed by atoms with E-state index in [0.717, 1.165) is 16.7 Å². The van der Waals surface area contributed by atoms with E-state index in [0.29, 0.717) is 22.1 Å². The predicted molar refractivity (Wildman–Crippen MR) is 115 cm³/mol. The van der Waals surface area contributed by atoms with Crippen LogP contribution in [0.5, 0.6) is 0 Å². The average Bonchev–Trinajstić information content (AvgIpc) is 3.20. The molecule has 12 heteroatoms. The highest BCUT2D eigenvalue weighted by molar-refractivity contribution is 9.10. The maximum atomic E-state index is 13.1. The lowest BCUT2D eigenvalue weighted by Gasteiger charge is -2.21. The van der Waals surface area contributed by atoms with Crippen LogP contribution < -0.4 is 4.90 Å². The van der Waals surface area contributed by atoms with Gasteiger partial charge in [0.25, 0.3) is 11.8 Å². The van der Waals surface area contributed by atoms with Crippen LogP contribution in [0, 0.1) is 0 Å². The van der Waals surface area contributed by atoms with Gasteiger partial charge in [0.2, 0.25) is 0 Å². The first-order valence-electron chi connectivity index (χ1n) is 8.42. The first-order valence-corrected chi connectivity index (χ1v) is 12.3. The number of carbonyl (C=O) groups is 3. The quantitative estimate of drug-likeness (QED) is 0.476. The van der Waals surface area contributed by atoms with Gasteiger partial charge in [0.05, 0.1) is 33.7 Å². The first kappa shape index (κ1) is 20.5. The Balaban J connectivity index is 1.80. The van der Waals surface area contributed by atoms with Crippen molar-refractivity contribution >= 4 is 83.1 Å². The summed E-state index contributed by atoms with van der Waals surface area (Å²) in [6, 6.07) is 4.38. The van der Waals surface area contributed by atoms with Gasteiger partial charge in [-0.05, 0) is 24.6 Å². The molecule has 3 aliphatic rings. The molecule has 1 aromatic carbocycles. The highest BCUT2D eigenvalue weighted by Gasteiger charge is 2.46. The average molecular weight is 517 g/mol. The molecule has 2 fully saturated rings. The smallest absolute Gasteiger partial charge is 0.323 e. The number of nitrogens with zero attached hydrogens (tertiary/aromatic N) is 2. The summed E-state index contributed by atoms with van der Waals surface area (Å²) in [5, 5.41) is 9.17. The zero-order chi connectivity index (χ0) is 21.1. The zero-order valence-electron chi connectivity index (χ0n) is 14.6. The predicted octanol–water partition coefficient (Wildman–Crippen LogP) is 1.64. The molecule has 0 saturated carbocycles. The van der Waals surface area contributed by atoms with Gasteiger partial charge in [-0.25, -0.2) is 8.42 Å². The summed E-state index contributed by atoms with van der Waals surface area (Å²) < 4.78 is 24.5. The molecule has 2 saturated heterocycles. The lowest BCUT2D eigenvalue weighted by atomic mass is 10.1. The van der Waals surface area contributed by atoms with Crippen molar-refractivity contribution in [3.05, 3.63) is 33.1 Å². The van der Waals surface area contributed by atoms with Crippen LogP contribution >= 0.6 is 39.9 Å². The molecular formula is C17H13BrN2O6S3. The third-order valence-corrected chi connectivity index (χ3v) is 8.52. The van der Waals surface area contributed by atoms with Crippen molar-refractivity contribution in [3.8, 4) is 0 Å². The molecule has 4 rings (SSSR count). The van der Waals surface area contributed by atoms with Gasteiger partial charge in [0.1, 0.15) is 10.9 Å². The Labute approximate surface area is 184 Å². The number of rotatable bonds is 3. The summed E-state index contributed by atoms with van der Waals surface area (Å²) in [7, 11) is -3.23. The van der Waals surface area contributed by atoms with Crippen LogP contribution in [0.25, 0.3) is 5.57 Å². The van der Waals surface area contributed by atoms with Crippen molar-refractivity contribution in [2.24, 2.45) is 0 Å². The van der Waals surface area contributed by atoms with Crippen molar-refractivity contribution in [3.63, 3.8) is 0 Å². The first-order chi connectivity index (χ1) is 13.6. The van der Waals surface area contributed by atoms with Crippen LogP contribution in [0.3, 0.4) is 0 Å². The Hall–Kier alpha value is -1.76. The Bertz CT molecular complexity index is 1130. The van der Waals surface area contributed by atoms with E-state index in [1.165, 1.54) is 4.90 Å². The number of sulfone groups is 1. The fourth-order valence-corrected chi connectivity index (χ4v) is 7.17. The Morgan fingerprint density at radius 3 is 2.66 bits per heavy atom. The zero-order valence-corrected chi connectivity index (χ0v) is 18.7. The van der Waals surface area contributed by atoms with Crippen LogP contribution in [-0.4, -0.2) is 64.6 Å². The second-order valence-corrected chi connectivity index (χ2v) is 11.5. The SMILES string of the molecule is O=C(O)CN1C(=O)/C(=C2\SC(=S)N([C@@H]3CCS(=O)(=O)C3)C2=O)c2cc(Br)ccc21. The van der Waals surface area contributed by atoms with Gasteiger partial charge in [-0.15, -0.1) is 0 Å². The van der Waals surface area contributed by atoms with E-state index in [2.05, 4.69) is 15.9 Å². The maximum absolute atomic E-state index is 13.1. The monoisotopic (exact) mass is 516 g/mol. The van der Waals surface area contributed by atoms with Crippen molar-refractivity contribution in [2.75, 3.05) is 23.0 Å². The highest BCUT2D eigenvalue weighted by atomic mass is 79.9. The van der Waals surface area contributed by atoms with Crippen molar-refractivity contribution in [1.82, 2.24) is 4.90 Å². The fraction of sp³-hybridized carbons (Fsp3) is 0.294. The third kappa shape index (κ3) is 3.51. The van der Waals surface area contributed by atoms with Gasteiger partial charge in [0, 0.05) is 10.0 Å². The molecule has 0 aromatic heterocycles. The second kappa shape index (κ2) is 7.18. The number of anilines is 1. The maximum Gasteiger partial charge on any atom is 0.323 e. The summed E-state index contributed by atoms with van der Waals surface area (Å²) in [6.07, 6.45) is 0.290. The molecule has 0 spiro atoms. The summed E-state index contributed by atoms with van der Waals surface area (Å²) >= 11 is 9.59. The Kier molecular flexibility index (Phi) is 5.08. The number of aliphatic carboxylic acids is 1. The molecule has 1 aromatic rings. The minimum Gasteiger partial charge on any atom is -0.480 e. The largest absolute Gasteiger partial charge is 0.480 e. The molecule has 0 aliphatic carbocycles. The molecular weight excluding hydrogens is 504 g/mol. The molecule has 3 heterocycles. The number of fused-ring (bicyclic) bond motifs is 1. The number of thioether (sulfide) groups is 1. The number of carbonyl (C=O) groups excluding carboxylic acids is 2. The van der Waals surface area contributed by atoms with E-state index in [1.807, 2.05) is 0 Å². The van der Waals surface area contributed by atoms with E-state index in [1.54, 1.807) is 18.2 Å². The summed E-state index contributed by atoms with van der Waals surface area (Å²) in [5.41, 5.74) is 0.915. The van der Waals surface area contributed by atoms with Crippen LogP contribution in [0.2, 0.25) is 0 Å². The molecule has 29 heavy (non-hydrogen) atoms. The molecule has 2 amide bonds. The highest BCUT2D eigenvalue weighted by Crippen LogP contribution is 2.46. The molecule has 8 nitrogen and oxygen atoms in total. The fourth-order valence-electron chi connectivity index (χ4n) is 3.64. The Morgan fingerprint density at radius 2 is 2.03 bits per heavy atom. The van der Waals surface area contributed by atoms with Gasteiger partial charge >= 0.3 is 5.97 Å². The summed E-state index contributed by atoms with van der Waals surface area (Å²) in [4.78, 5) is 39.9. The molecule has 0 unspecified atom stereocenters. The van der Waals surface area contributed by atoms with Gasteiger partial charge in [-0.2, -0.15) is 0 Å². The molecule has 0 radical (unpaired) electrons. The van der Waals surface area contributed by atoms with Crippen molar-refractivity contribution in [2.45, 2.75) is 12.5 Å². The molecule has 1 N–H and O–H groups in total. The van der Waals surface area contributed by atoms with Crippen LogP contribution in [0.15, 0.2) is 27.6 Å². The van der Waals surface area contributed by atoms with Crippen LogP contribution in [-0.2, 0) is 24.2 Å². The third-order valence-electron chi connectivity index (χ3n) is 4.87. The summed E-state index contributed by atoms with van der Waals surface area (Å²) in [5.74, 6) is -2.48. The molecule has 1 atom stereocenters. The van der Waals surface area contributed by atoms with Crippen molar-refractivity contribution in [1.29, 1.82) is 0 Å². The lowest BCUT2D eigenvalue weighted by molar-refractivity contribution is -0.136. The van der Waals surface area contributed by atoms with E-state index in [-0.39, 0.29) is 26.3 Å². The van der Waals surface area contributed by atoms with Crippen LogP contribution in [0.4, 0.5) is 5.69 Å². The number of carboxylic acid groups (broad SMARTS) is 1. The van der Waals surface area contributed by atoms with Gasteiger partial charge in [-0.1, -0.05) is 39.9 Å². The Morgan fingerprint density at radius 1 is 1.31 bits per heavy atom. The van der Waals surface area contributed by atoms with E-state index < -0.39 is 40.2 Å². The number of hydrogen-bond donors (Lipinski definition) is 1. The lowest BCUT2D eigenvalue weighted by Crippen LogP contribution is -2.39. The van der Waals surface area contributed by atoms with Gasteiger partial charge in [-0.3, -0.25) is 24.2 Å². The summed E-state index contributed by atoms with van der Waals surface area (Å²) in [6.45, 7) is -0.544. The minimum atomic E-state index is -3.23. The van der Waals surface area contributed by atoms with E-state index in [9.17, 15) is 27.9 Å². The van der Waals surface area contributed by atoms with Gasteiger partial charge in [0.15, 0.2) is 9.84 Å². The second-order valence-electron chi connectivity index (χ2n) is 6.75. The molecule has 0 bridgehead atoms. The van der Waals surface area contributed by atoms with E-state index in [4.69, 9.17) is 12.2 Å². The number of thiocarbonyl (C=S) groups is 1. The number of halogens is 1. The number of carboxylic acids is 1. The molecule has 3 aliphatic heterocycles. The normalized spacial score (nSPS) is 25.8. The minimum absolute atomic E-state index is 0.0122. The van der Waals surface area contributed by atoms with Crippen LogP contribution in [0.1, 0.15) is 12.0 Å². The number of amides is 2. The van der Waals surface area contributed by atoms with Gasteiger partial charge < -0.3 is 5.11 Å². The number of hydrogen-bond acceptors (Lipinski definition) is 7. The number of benzene rings is 1. The molecule has 152 valence electrons. The van der Waals surface area contributed by atoms with E-state index >= 15 is 0 Å². The van der Waals surface area contributed by atoms with Crippen molar-refractivity contribution < 1.29 is 27.9 Å². The topological polar surface area (TPSA) is 112 Å². The standard InChI is InChI=1S/C17H13BrN2O6S3/c18-8-1-2-11-10(5-8)13(15(23)19(11)6-12(21)22)14-16(24)20(17(27)28-14)9-3-4-29(25,26)7-9/h1-2,5,9H,3-4,6-7H2,(H,21,22)/b14-13-/t9-/m1/s1.